The van der Waals surface area contributed by atoms with Gasteiger partial charge in [0.2, 0.25) is 0 Å². The van der Waals surface area contributed by atoms with Gasteiger partial charge in [-0.1, -0.05) is 0 Å². The van der Waals surface area contributed by atoms with E-state index in [2.05, 4.69) is 0 Å². The molecule has 0 aromatic rings. The lowest BCUT2D eigenvalue weighted by molar-refractivity contribution is -0.140. The van der Waals surface area contributed by atoms with Gasteiger partial charge in [-0.15, -0.1) is 0 Å². The fraction of sp³-hybridized carbons (Fsp3) is 0.867. The first-order valence-corrected chi connectivity index (χ1v) is 7.61. The molecule has 1 unspecified atom stereocenters. The smallest absolute Gasteiger partial charge is 0.316 e. The minimum atomic E-state index is -0.277. The largest absolute Gasteiger partial charge is 0.327 e. The molecular weight excluding hydrogens is 240 g/mol. The molecule has 0 N–H and O–H groups in total. The minimum absolute atomic E-state index is 0.0365. The van der Waals surface area contributed by atoms with Crippen LogP contribution in [0.15, 0.2) is 0 Å². The van der Waals surface area contributed by atoms with E-state index in [1.54, 1.807) is 16.8 Å². The van der Waals surface area contributed by atoms with Gasteiger partial charge >= 0.3 is 6.03 Å². The predicted molar refractivity (Wildman–Crippen MR) is 70.4 cm³/mol. The maximum Gasteiger partial charge on any atom is 0.327 e. The van der Waals surface area contributed by atoms with Crippen LogP contribution in [-0.2, 0) is 4.79 Å². The quantitative estimate of drug-likeness (QED) is 0.680. The lowest BCUT2D eigenvalue weighted by Gasteiger charge is -2.58. The first kappa shape index (κ1) is 11.7. The van der Waals surface area contributed by atoms with Crippen molar-refractivity contribution in [2.75, 3.05) is 7.05 Å². The maximum absolute atomic E-state index is 12.5. The molecule has 0 spiro atoms. The molecule has 5 fully saturated rings. The standard InChI is InChI=1S/C15H22N2O2/c1-9-13(18)17(14(19)16(9)2)15-6-10-3-11(7-15)5-12(4-10)8-15/h9-12H,3-8H2,1-2H3. The molecule has 1 saturated heterocycles. The predicted octanol–water partition coefficient (Wildman–Crippen LogP) is 2.24. The van der Waals surface area contributed by atoms with Gasteiger partial charge in [0, 0.05) is 7.05 Å². The topological polar surface area (TPSA) is 40.6 Å². The summed E-state index contributed by atoms with van der Waals surface area (Å²) in [6.45, 7) is 1.85. The van der Waals surface area contributed by atoms with E-state index in [9.17, 15) is 9.59 Å². The zero-order valence-corrected chi connectivity index (χ0v) is 11.8. The van der Waals surface area contributed by atoms with Crippen molar-refractivity contribution in [2.45, 2.75) is 57.0 Å². The normalized spacial score (nSPS) is 48.5. The summed E-state index contributed by atoms with van der Waals surface area (Å²) in [7, 11) is 1.76. The lowest BCUT2D eigenvalue weighted by Crippen LogP contribution is -2.61. The molecule has 104 valence electrons. The summed E-state index contributed by atoms with van der Waals surface area (Å²) >= 11 is 0. The van der Waals surface area contributed by atoms with Crippen LogP contribution in [-0.4, -0.2) is 40.4 Å². The summed E-state index contributed by atoms with van der Waals surface area (Å²) in [5.74, 6) is 2.31. The molecule has 5 rings (SSSR count). The molecule has 19 heavy (non-hydrogen) atoms. The van der Waals surface area contributed by atoms with Gasteiger partial charge in [-0.05, 0) is 63.2 Å². The van der Waals surface area contributed by atoms with Gasteiger partial charge < -0.3 is 4.90 Å². The Kier molecular flexibility index (Phi) is 2.18. The molecule has 4 heteroatoms. The van der Waals surface area contributed by atoms with Crippen molar-refractivity contribution < 1.29 is 9.59 Å². The highest BCUT2D eigenvalue weighted by molar-refractivity contribution is 6.04. The Morgan fingerprint density at radius 3 is 1.84 bits per heavy atom. The summed E-state index contributed by atoms with van der Waals surface area (Å²) in [4.78, 5) is 28.3. The van der Waals surface area contributed by atoms with E-state index in [1.807, 2.05) is 6.92 Å². The van der Waals surface area contributed by atoms with Crippen LogP contribution in [0, 0.1) is 17.8 Å². The van der Waals surface area contributed by atoms with Gasteiger partial charge in [0.05, 0.1) is 5.54 Å². The van der Waals surface area contributed by atoms with Gasteiger partial charge in [-0.3, -0.25) is 9.69 Å². The first-order chi connectivity index (χ1) is 9.00. The third-order valence-electron chi connectivity index (χ3n) is 6.13. The van der Waals surface area contributed by atoms with Crippen molar-refractivity contribution in [1.82, 2.24) is 9.80 Å². The van der Waals surface area contributed by atoms with Gasteiger partial charge in [0.25, 0.3) is 5.91 Å². The Hall–Kier alpha value is -1.06. The number of rotatable bonds is 1. The summed E-state index contributed by atoms with van der Waals surface area (Å²) < 4.78 is 0. The minimum Gasteiger partial charge on any atom is -0.316 e. The van der Waals surface area contributed by atoms with E-state index in [1.165, 1.54) is 19.3 Å². The van der Waals surface area contributed by atoms with E-state index in [4.69, 9.17) is 0 Å². The van der Waals surface area contributed by atoms with Crippen LogP contribution in [0.4, 0.5) is 4.79 Å². The Morgan fingerprint density at radius 1 is 1.00 bits per heavy atom. The highest BCUT2D eigenvalue weighted by Gasteiger charge is 2.59. The third kappa shape index (κ3) is 1.40. The van der Waals surface area contributed by atoms with Crippen LogP contribution in [0.1, 0.15) is 45.4 Å². The Bertz CT molecular complexity index is 404. The number of hydrogen-bond donors (Lipinski definition) is 0. The Morgan fingerprint density at radius 2 is 1.47 bits per heavy atom. The molecular formula is C15H22N2O2. The second-order valence-corrected chi connectivity index (χ2v) is 7.38. The molecule has 0 radical (unpaired) electrons. The Labute approximate surface area is 114 Å². The number of amides is 3. The number of carbonyl (C=O) groups excluding carboxylic acids is 2. The number of likely N-dealkylation sites (N-methyl/N-ethyl adjacent to an activating group) is 1. The monoisotopic (exact) mass is 262 g/mol. The second kappa shape index (κ2) is 3.53. The van der Waals surface area contributed by atoms with E-state index >= 15 is 0 Å². The summed E-state index contributed by atoms with van der Waals surface area (Å²) in [5, 5.41) is 0. The van der Waals surface area contributed by atoms with Crippen molar-refractivity contribution in [3.8, 4) is 0 Å². The molecule has 4 nitrogen and oxygen atoms in total. The van der Waals surface area contributed by atoms with E-state index in [0.717, 1.165) is 37.0 Å². The third-order valence-corrected chi connectivity index (χ3v) is 6.13. The Balaban J connectivity index is 1.72. The number of carbonyl (C=O) groups is 2. The summed E-state index contributed by atoms with van der Waals surface area (Å²) in [6.07, 6.45) is 7.20. The molecule has 0 aromatic carbocycles. The summed E-state index contributed by atoms with van der Waals surface area (Å²) in [5.41, 5.74) is -0.123. The number of urea groups is 1. The molecule has 4 saturated carbocycles. The van der Waals surface area contributed by atoms with Crippen LogP contribution in [0.5, 0.6) is 0 Å². The summed E-state index contributed by atoms with van der Waals surface area (Å²) in [6, 6.07) is -0.333. The zero-order valence-electron chi connectivity index (χ0n) is 11.8. The SMILES string of the molecule is CC1C(=O)N(C23CC4CC(CC(C4)C2)C3)C(=O)N1C. The fourth-order valence-corrected chi connectivity index (χ4v) is 5.55. The number of nitrogens with zero attached hydrogens (tertiary/aromatic N) is 2. The molecule has 4 aliphatic carbocycles. The van der Waals surface area contributed by atoms with Crippen molar-refractivity contribution in [2.24, 2.45) is 17.8 Å². The van der Waals surface area contributed by atoms with Gasteiger partial charge in [0.15, 0.2) is 0 Å². The molecule has 1 aliphatic heterocycles. The highest BCUT2D eigenvalue weighted by Crippen LogP contribution is 2.58. The molecule has 3 amide bonds. The van der Waals surface area contributed by atoms with E-state index in [0.29, 0.717) is 0 Å². The molecule has 1 atom stereocenters. The zero-order chi connectivity index (χ0) is 13.4. The van der Waals surface area contributed by atoms with E-state index < -0.39 is 0 Å². The average Bonchev–Trinajstić information content (AvgIpc) is 2.52. The first-order valence-electron chi connectivity index (χ1n) is 7.61. The van der Waals surface area contributed by atoms with Crippen molar-refractivity contribution >= 4 is 11.9 Å². The highest BCUT2D eigenvalue weighted by atomic mass is 16.2. The van der Waals surface area contributed by atoms with Crippen LogP contribution in [0.2, 0.25) is 0 Å². The molecule has 0 aromatic heterocycles. The average molecular weight is 262 g/mol. The van der Waals surface area contributed by atoms with Gasteiger partial charge in [-0.2, -0.15) is 0 Å². The van der Waals surface area contributed by atoms with Crippen LogP contribution in [0.3, 0.4) is 0 Å². The van der Waals surface area contributed by atoms with Crippen LogP contribution >= 0.6 is 0 Å². The fourth-order valence-electron chi connectivity index (χ4n) is 5.55. The lowest BCUT2D eigenvalue weighted by atomic mass is 9.52. The maximum atomic E-state index is 12.5. The van der Waals surface area contributed by atoms with Crippen molar-refractivity contribution in [1.29, 1.82) is 0 Å². The van der Waals surface area contributed by atoms with Crippen LogP contribution < -0.4 is 0 Å². The molecule has 4 bridgehead atoms. The van der Waals surface area contributed by atoms with E-state index in [-0.39, 0.29) is 23.5 Å². The van der Waals surface area contributed by atoms with Crippen LogP contribution in [0.25, 0.3) is 0 Å². The molecule has 1 heterocycles. The number of hydrogen-bond acceptors (Lipinski definition) is 2. The van der Waals surface area contributed by atoms with Gasteiger partial charge in [0.1, 0.15) is 6.04 Å². The van der Waals surface area contributed by atoms with Gasteiger partial charge in [-0.25, -0.2) is 4.79 Å². The molecule has 5 aliphatic rings. The number of imide groups is 1. The van der Waals surface area contributed by atoms with Crippen molar-refractivity contribution in [3.63, 3.8) is 0 Å². The van der Waals surface area contributed by atoms with Crippen molar-refractivity contribution in [3.05, 3.63) is 0 Å². The second-order valence-electron chi connectivity index (χ2n) is 7.38.